The van der Waals surface area contributed by atoms with Crippen LogP contribution in [0.1, 0.15) is 97.4 Å². The molecule has 3 fully saturated rings. The summed E-state index contributed by atoms with van der Waals surface area (Å²) in [6, 6.07) is 10.9. The van der Waals surface area contributed by atoms with Crippen molar-refractivity contribution in [3.05, 3.63) is 76.1 Å². The Bertz CT molecular complexity index is 2180. The van der Waals surface area contributed by atoms with Gasteiger partial charge in [-0.2, -0.15) is 5.26 Å². The fourth-order valence-electron chi connectivity index (χ4n) is 9.35. The van der Waals surface area contributed by atoms with Crippen LogP contribution >= 0.6 is 11.6 Å². The first-order chi connectivity index (χ1) is 27.5. The van der Waals surface area contributed by atoms with Gasteiger partial charge in [-0.3, -0.25) is 39.1 Å². The third kappa shape index (κ3) is 7.46. The standard InChI is InChI=1S/C42H47ClN8O7/c1-23-21-49(40-45-19-26(20-46-40)34(53)48-38-41(3,4)39(42(38,5)6)58-28-9-8-25(18-44)31(43)17-28)22-24(2)50(23)14-7-15-57-27-10-11-29-30(16-27)37(56)51(36(29)55)32-12-13-33(52)47-35(32)54/h8-11,16-17,19-20,23-24,32,38-39H,7,12-15,21-22H2,1-6H3,(H,48,53)(H,47,52,54)/t23-,24-,32?,38?,39?/m0/s1. The van der Waals surface area contributed by atoms with E-state index in [0.29, 0.717) is 59.7 Å². The van der Waals surface area contributed by atoms with Crippen LogP contribution in [0.2, 0.25) is 5.02 Å². The maximum absolute atomic E-state index is 13.5. The molecular formula is C42H47ClN8O7. The van der Waals surface area contributed by atoms with Crippen molar-refractivity contribution in [1.82, 2.24) is 30.4 Å². The smallest absolute Gasteiger partial charge is 0.262 e. The average molecular weight is 811 g/mol. The average Bonchev–Trinajstić information content (AvgIpc) is 3.42. The largest absolute Gasteiger partial charge is 0.494 e. The summed E-state index contributed by atoms with van der Waals surface area (Å²) in [4.78, 5) is 78.2. The van der Waals surface area contributed by atoms with E-state index in [1.807, 2.05) is 0 Å². The molecule has 2 N–H and O–H groups in total. The number of benzene rings is 2. The molecule has 3 atom stereocenters. The van der Waals surface area contributed by atoms with Crippen LogP contribution in [0.3, 0.4) is 0 Å². The van der Waals surface area contributed by atoms with Crippen molar-refractivity contribution in [2.45, 2.75) is 91.1 Å². The Kier molecular flexibility index (Phi) is 10.9. The van der Waals surface area contributed by atoms with Crippen LogP contribution in [0, 0.1) is 22.2 Å². The zero-order valence-corrected chi connectivity index (χ0v) is 34.1. The SMILES string of the molecule is C[C@H]1CN(c2ncc(C(=O)NC3C(C)(C)C(Oc4ccc(C#N)c(Cl)c4)C3(C)C)cn2)C[C@H](C)N1CCCOc1ccc2c(c1)C(=O)N(C1CCC(=O)NC1=O)C2=O. The predicted octanol–water partition coefficient (Wildman–Crippen LogP) is 4.38. The number of piperazine rings is 1. The number of imide groups is 2. The molecule has 1 aromatic heterocycles. The molecule has 304 valence electrons. The lowest BCUT2D eigenvalue weighted by Crippen LogP contribution is -2.74. The summed E-state index contributed by atoms with van der Waals surface area (Å²) >= 11 is 6.24. The van der Waals surface area contributed by atoms with E-state index in [1.54, 1.807) is 42.7 Å². The van der Waals surface area contributed by atoms with Crippen molar-refractivity contribution < 1.29 is 33.4 Å². The number of carbonyl (C=O) groups excluding carboxylic acids is 5. The minimum Gasteiger partial charge on any atom is -0.494 e. The molecule has 5 amide bonds. The molecule has 7 rings (SSSR count). The Labute approximate surface area is 342 Å². The number of hydrogen-bond acceptors (Lipinski definition) is 12. The van der Waals surface area contributed by atoms with Crippen LogP contribution in [0.4, 0.5) is 5.95 Å². The lowest BCUT2D eigenvalue weighted by Gasteiger charge is -2.63. The van der Waals surface area contributed by atoms with Crippen LogP contribution in [-0.2, 0) is 9.59 Å². The molecule has 0 spiro atoms. The van der Waals surface area contributed by atoms with E-state index in [2.05, 4.69) is 78.0 Å². The van der Waals surface area contributed by atoms with Crippen LogP contribution in [0.5, 0.6) is 11.5 Å². The van der Waals surface area contributed by atoms with Crippen LogP contribution in [0.15, 0.2) is 48.8 Å². The second-order valence-electron chi connectivity index (χ2n) is 16.8. The molecule has 2 saturated heterocycles. The van der Waals surface area contributed by atoms with E-state index in [-0.39, 0.29) is 54.1 Å². The Morgan fingerprint density at radius 3 is 2.26 bits per heavy atom. The second-order valence-corrected chi connectivity index (χ2v) is 17.2. The van der Waals surface area contributed by atoms with Gasteiger partial charge in [-0.15, -0.1) is 0 Å². The molecule has 58 heavy (non-hydrogen) atoms. The number of piperidine rings is 1. The number of hydrogen-bond donors (Lipinski definition) is 2. The summed E-state index contributed by atoms with van der Waals surface area (Å²) in [5.41, 5.74) is 0.310. The zero-order chi connectivity index (χ0) is 41.7. The Morgan fingerprint density at radius 2 is 1.62 bits per heavy atom. The molecule has 1 saturated carbocycles. The first-order valence-electron chi connectivity index (χ1n) is 19.5. The number of fused-ring (bicyclic) bond motifs is 1. The zero-order valence-electron chi connectivity index (χ0n) is 33.4. The normalized spacial score (nSPS) is 25.0. The number of rotatable bonds is 11. The quantitative estimate of drug-likeness (QED) is 0.206. The maximum Gasteiger partial charge on any atom is 0.262 e. The van der Waals surface area contributed by atoms with Crippen molar-refractivity contribution in [3.8, 4) is 17.6 Å². The van der Waals surface area contributed by atoms with E-state index < -0.39 is 40.5 Å². The Morgan fingerprint density at radius 1 is 0.966 bits per heavy atom. The number of nitrogens with one attached hydrogen (secondary N) is 2. The van der Waals surface area contributed by atoms with Gasteiger partial charge in [0.15, 0.2) is 0 Å². The lowest BCUT2D eigenvalue weighted by atomic mass is 9.49. The predicted molar refractivity (Wildman–Crippen MR) is 212 cm³/mol. The number of nitriles is 1. The summed E-state index contributed by atoms with van der Waals surface area (Å²) in [6.45, 7) is 15.0. The molecule has 2 aromatic carbocycles. The van der Waals surface area contributed by atoms with Gasteiger partial charge < -0.3 is 19.7 Å². The highest BCUT2D eigenvalue weighted by molar-refractivity contribution is 6.31. The molecule has 3 aromatic rings. The van der Waals surface area contributed by atoms with Crippen LogP contribution in [-0.4, -0.2) is 106 Å². The van der Waals surface area contributed by atoms with Gasteiger partial charge in [0.05, 0.1) is 33.9 Å². The lowest BCUT2D eigenvalue weighted by molar-refractivity contribution is -0.164. The minimum atomic E-state index is -1.02. The van der Waals surface area contributed by atoms with Crippen LogP contribution in [0.25, 0.3) is 0 Å². The summed E-state index contributed by atoms with van der Waals surface area (Å²) in [6.07, 6.45) is 3.78. The molecule has 4 aliphatic rings. The summed E-state index contributed by atoms with van der Waals surface area (Å²) < 4.78 is 12.3. The van der Waals surface area contributed by atoms with Gasteiger partial charge >= 0.3 is 0 Å². The second kappa shape index (κ2) is 15.6. The molecule has 3 aliphatic heterocycles. The van der Waals surface area contributed by atoms with E-state index in [4.69, 9.17) is 21.1 Å². The van der Waals surface area contributed by atoms with E-state index >= 15 is 0 Å². The summed E-state index contributed by atoms with van der Waals surface area (Å²) in [5, 5.41) is 14.9. The molecule has 1 unspecified atom stereocenters. The number of amides is 5. The van der Waals surface area contributed by atoms with Crippen molar-refractivity contribution in [2.24, 2.45) is 10.8 Å². The molecule has 4 heterocycles. The minimum absolute atomic E-state index is 0.0593. The molecule has 16 heteroatoms. The molecule has 1 aliphatic carbocycles. The number of nitrogens with zero attached hydrogens (tertiary/aromatic N) is 6. The third-order valence-electron chi connectivity index (χ3n) is 12.0. The third-order valence-corrected chi connectivity index (χ3v) is 12.3. The summed E-state index contributed by atoms with van der Waals surface area (Å²) in [7, 11) is 0. The number of anilines is 1. The van der Waals surface area contributed by atoms with Gasteiger partial charge in [0.1, 0.15) is 29.7 Å². The molecule has 15 nitrogen and oxygen atoms in total. The highest BCUT2D eigenvalue weighted by Crippen LogP contribution is 2.55. The highest BCUT2D eigenvalue weighted by Gasteiger charge is 2.64. The van der Waals surface area contributed by atoms with E-state index in [1.165, 1.54) is 6.07 Å². The first kappa shape index (κ1) is 40.6. The topological polar surface area (TPSA) is 187 Å². The van der Waals surface area contributed by atoms with E-state index in [0.717, 1.165) is 11.4 Å². The number of aromatic nitrogens is 2. The summed E-state index contributed by atoms with van der Waals surface area (Å²) in [5.74, 6) is -0.884. The van der Waals surface area contributed by atoms with Gasteiger partial charge in [0.2, 0.25) is 17.8 Å². The number of carbonyl (C=O) groups is 5. The Hall–Kier alpha value is -5.59. The van der Waals surface area contributed by atoms with Gasteiger partial charge in [-0.25, -0.2) is 9.97 Å². The van der Waals surface area contributed by atoms with Gasteiger partial charge in [-0.05, 0) is 57.0 Å². The number of ether oxygens (including phenoxy) is 2. The van der Waals surface area contributed by atoms with Gasteiger partial charge in [0.25, 0.3) is 17.7 Å². The molecular weight excluding hydrogens is 764 g/mol. The molecule has 0 radical (unpaired) electrons. The monoisotopic (exact) mass is 810 g/mol. The highest BCUT2D eigenvalue weighted by atomic mass is 35.5. The van der Waals surface area contributed by atoms with Gasteiger partial charge in [-0.1, -0.05) is 39.3 Å². The van der Waals surface area contributed by atoms with Crippen molar-refractivity contribution in [2.75, 3.05) is 31.1 Å². The fourth-order valence-corrected chi connectivity index (χ4v) is 9.56. The fraction of sp³-hybridized carbons (Fsp3) is 0.476. The number of halogens is 1. The van der Waals surface area contributed by atoms with Crippen molar-refractivity contribution >= 4 is 47.1 Å². The van der Waals surface area contributed by atoms with Gasteiger partial charge in [0, 0.05) is 73.5 Å². The van der Waals surface area contributed by atoms with E-state index in [9.17, 15) is 29.2 Å². The van der Waals surface area contributed by atoms with Crippen molar-refractivity contribution in [1.29, 1.82) is 5.26 Å². The Balaban J connectivity index is 0.883. The maximum atomic E-state index is 13.5. The first-order valence-corrected chi connectivity index (χ1v) is 19.9. The van der Waals surface area contributed by atoms with Crippen LogP contribution < -0.4 is 25.0 Å². The molecule has 0 bridgehead atoms. The van der Waals surface area contributed by atoms with Crippen molar-refractivity contribution in [3.63, 3.8) is 0 Å².